The third-order valence-electron chi connectivity index (χ3n) is 2.30. The van der Waals surface area contributed by atoms with Gasteiger partial charge in [0.05, 0.1) is 30.3 Å². The lowest BCUT2D eigenvalue weighted by Gasteiger charge is -2.25. The number of alkyl halides is 3. The predicted octanol–water partition coefficient (Wildman–Crippen LogP) is 1.50. The van der Waals surface area contributed by atoms with Crippen molar-refractivity contribution in [2.24, 2.45) is 0 Å². The summed E-state index contributed by atoms with van der Waals surface area (Å²) < 4.78 is 37.0. The molecular formula is C11H15F3N2O2. The molecule has 18 heavy (non-hydrogen) atoms. The highest BCUT2D eigenvalue weighted by Crippen LogP contribution is 2.22. The Labute approximate surface area is 103 Å². The van der Waals surface area contributed by atoms with Gasteiger partial charge in [0, 0.05) is 6.54 Å². The third-order valence-corrected chi connectivity index (χ3v) is 2.30. The summed E-state index contributed by atoms with van der Waals surface area (Å²) >= 11 is 0. The smallest absolute Gasteiger partial charge is 0.395 e. The van der Waals surface area contributed by atoms with E-state index in [0.717, 1.165) is 4.90 Å². The lowest BCUT2D eigenvalue weighted by Crippen LogP contribution is -2.36. The molecule has 2 N–H and O–H groups in total. The fourth-order valence-electron chi connectivity index (χ4n) is 1.47. The number of aliphatic hydroxyl groups excluding tert-OH is 2. The van der Waals surface area contributed by atoms with Crippen LogP contribution in [0.5, 0.6) is 0 Å². The molecule has 1 heterocycles. The van der Waals surface area contributed by atoms with Crippen LogP contribution in [-0.2, 0) is 0 Å². The molecule has 0 amide bonds. The van der Waals surface area contributed by atoms with Crippen molar-refractivity contribution in [2.75, 3.05) is 24.6 Å². The second-order valence-electron chi connectivity index (χ2n) is 3.88. The van der Waals surface area contributed by atoms with E-state index in [-0.39, 0.29) is 18.8 Å². The number of halogens is 3. The molecule has 0 aliphatic rings. The van der Waals surface area contributed by atoms with Gasteiger partial charge < -0.3 is 15.1 Å². The van der Waals surface area contributed by atoms with Gasteiger partial charge in [-0.2, -0.15) is 13.2 Å². The van der Waals surface area contributed by atoms with Gasteiger partial charge in [-0.15, -0.1) is 0 Å². The summed E-state index contributed by atoms with van der Waals surface area (Å²) in [6.45, 7) is -0.143. The predicted molar refractivity (Wildman–Crippen MR) is 60.2 cm³/mol. The van der Waals surface area contributed by atoms with E-state index in [1.54, 1.807) is 0 Å². The Kier molecular flexibility index (Phi) is 4.92. The molecule has 7 heteroatoms. The lowest BCUT2D eigenvalue weighted by atomic mass is 10.2. The average molecular weight is 264 g/mol. The first kappa shape index (κ1) is 14.7. The number of aromatic nitrogens is 1. The minimum absolute atomic E-state index is 0.130. The Bertz CT molecular complexity index is 366. The largest absolute Gasteiger partial charge is 0.405 e. The Morgan fingerprint density at radius 2 is 2.06 bits per heavy atom. The maximum absolute atomic E-state index is 12.3. The summed E-state index contributed by atoms with van der Waals surface area (Å²) in [4.78, 5) is 4.86. The summed E-state index contributed by atoms with van der Waals surface area (Å²) in [7, 11) is 0. The van der Waals surface area contributed by atoms with Crippen LogP contribution in [0.3, 0.4) is 0 Å². The van der Waals surface area contributed by atoms with E-state index < -0.39 is 18.8 Å². The number of anilines is 1. The highest BCUT2D eigenvalue weighted by Gasteiger charge is 2.30. The standard InChI is InChI=1S/C11H15F3N2O2/c1-8(18)10-3-2-9(6-15-10)16(4-5-17)7-11(12,13)14/h2-3,6,8,17-18H,4-5,7H2,1H3/t8-/m1/s1. The van der Waals surface area contributed by atoms with Crippen molar-refractivity contribution in [3.8, 4) is 0 Å². The normalized spacial score (nSPS) is 13.4. The van der Waals surface area contributed by atoms with Gasteiger partial charge in [0.2, 0.25) is 0 Å². The fourth-order valence-corrected chi connectivity index (χ4v) is 1.47. The summed E-state index contributed by atoms with van der Waals surface area (Å²) in [5.41, 5.74) is 0.639. The van der Waals surface area contributed by atoms with E-state index in [1.165, 1.54) is 25.3 Å². The Morgan fingerprint density at radius 3 is 2.44 bits per heavy atom. The molecule has 0 radical (unpaired) electrons. The third kappa shape index (κ3) is 4.50. The van der Waals surface area contributed by atoms with Crippen LogP contribution >= 0.6 is 0 Å². The van der Waals surface area contributed by atoms with E-state index >= 15 is 0 Å². The average Bonchev–Trinajstić information content (AvgIpc) is 2.27. The molecule has 102 valence electrons. The highest BCUT2D eigenvalue weighted by molar-refractivity contribution is 5.45. The van der Waals surface area contributed by atoms with Crippen LogP contribution in [0.4, 0.5) is 18.9 Å². The minimum Gasteiger partial charge on any atom is -0.395 e. The van der Waals surface area contributed by atoms with Crippen LogP contribution in [0.25, 0.3) is 0 Å². The van der Waals surface area contributed by atoms with Crippen molar-refractivity contribution < 1.29 is 23.4 Å². The minimum atomic E-state index is -4.35. The van der Waals surface area contributed by atoms with E-state index in [4.69, 9.17) is 5.11 Å². The van der Waals surface area contributed by atoms with Crippen LogP contribution in [0, 0.1) is 0 Å². The van der Waals surface area contributed by atoms with Gasteiger partial charge >= 0.3 is 6.18 Å². The number of nitrogens with zero attached hydrogens (tertiary/aromatic N) is 2. The number of hydrogen-bond donors (Lipinski definition) is 2. The second-order valence-corrected chi connectivity index (χ2v) is 3.88. The van der Waals surface area contributed by atoms with Crippen molar-refractivity contribution in [1.82, 2.24) is 4.98 Å². The quantitative estimate of drug-likeness (QED) is 0.846. The first-order valence-corrected chi connectivity index (χ1v) is 5.40. The van der Waals surface area contributed by atoms with Gasteiger partial charge in [0.25, 0.3) is 0 Å². The first-order chi connectivity index (χ1) is 8.33. The van der Waals surface area contributed by atoms with Crippen LogP contribution in [0.15, 0.2) is 18.3 Å². The number of hydrogen-bond acceptors (Lipinski definition) is 4. The highest BCUT2D eigenvalue weighted by atomic mass is 19.4. The van der Waals surface area contributed by atoms with Gasteiger partial charge in [0.15, 0.2) is 0 Å². The zero-order valence-corrected chi connectivity index (χ0v) is 9.85. The molecule has 0 aliphatic heterocycles. The van der Waals surface area contributed by atoms with E-state index in [1.807, 2.05) is 0 Å². The van der Waals surface area contributed by atoms with Gasteiger partial charge in [-0.1, -0.05) is 0 Å². The second kappa shape index (κ2) is 6.01. The SMILES string of the molecule is C[C@@H](O)c1ccc(N(CCO)CC(F)(F)F)cn1. The van der Waals surface area contributed by atoms with Crippen LogP contribution < -0.4 is 4.90 Å². The van der Waals surface area contributed by atoms with Crippen molar-refractivity contribution in [2.45, 2.75) is 19.2 Å². The number of rotatable bonds is 5. The maximum Gasteiger partial charge on any atom is 0.405 e. The Balaban J connectivity index is 2.85. The lowest BCUT2D eigenvalue weighted by molar-refractivity contribution is -0.119. The maximum atomic E-state index is 12.3. The summed E-state index contributed by atoms with van der Waals surface area (Å²) in [6.07, 6.45) is -3.87. The molecule has 4 nitrogen and oxygen atoms in total. The van der Waals surface area contributed by atoms with E-state index in [2.05, 4.69) is 4.98 Å². The molecule has 0 saturated heterocycles. The Hall–Kier alpha value is -1.34. The molecular weight excluding hydrogens is 249 g/mol. The molecule has 0 fully saturated rings. The fraction of sp³-hybridized carbons (Fsp3) is 0.545. The summed E-state index contributed by atoms with van der Waals surface area (Å²) in [5.74, 6) is 0. The molecule has 1 aromatic rings. The summed E-state index contributed by atoms with van der Waals surface area (Å²) in [5, 5.41) is 18.0. The molecule has 0 saturated carbocycles. The van der Waals surface area contributed by atoms with Crippen molar-refractivity contribution >= 4 is 5.69 Å². The molecule has 0 bridgehead atoms. The van der Waals surface area contributed by atoms with Gasteiger partial charge in [-0.3, -0.25) is 4.98 Å². The molecule has 1 atom stereocenters. The molecule has 1 rings (SSSR count). The van der Waals surface area contributed by atoms with Crippen molar-refractivity contribution in [3.63, 3.8) is 0 Å². The zero-order valence-electron chi connectivity index (χ0n) is 9.85. The monoisotopic (exact) mass is 264 g/mol. The van der Waals surface area contributed by atoms with Gasteiger partial charge in [0.1, 0.15) is 6.54 Å². The molecule has 1 aromatic heterocycles. The topological polar surface area (TPSA) is 56.6 Å². The van der Waals surface area contributed by atoms with Gasteiger partial charge in [-0.25, -0.2) is 0 Å². The van der Waals surface area contributed by atoms with E-state index in [0.29, 0.717) is 5.69 Å². The van der Waals surface area contributed by atoms with Crippen molar-refractivity contribution in [3.05, 3.63) is 24.0 Å². The van der Waals surface area contributed by atoms with Crippen LogP contribution in [-0.4, -0.2) is 41.1 Å². The number of pyridine rings is 1. The number of aliphatic hydroxyl groups is 2. The van der Waals surface area contributed by atoms with Crippen molar-refractivity contribution in [1.29, 1.82) is 0 Å². The molecule has 0 aliphatic carbocycles. The zero-order chi connectivity index (χ0) is 13.8. The molecule has 0 aromatic carbocycles. The molecule has 0 spiro atoms. The van der Waals surface area contributed by atoms with E-state index in [9.17, 15) is 18.3 Å². The van der Waals surface area contributed by atoms with Gasteiger partial charge in [-0.05, 0) is 19.1 Å². The summed E-state index contributed by atoms with van der Waals surface area (Å²) in [6, 6.07) is 2.90. The Morgan fingerprint density at radius 1 is 1.39 bits per heavy atom. The first-order valence-electron chi connectivity index (χ1n) is 5.40. The van der Waals surface area contributed by atoms with Crippen LogP contribution in [0.1, 0.15) is 18.7 Å². The van der Waals surface area contributed by atoms with Crippen LogP contribution in [0.2, 0.25) is 0 Å². The molecule has 0 unspecified atom stereocenters.